The topological polar surface area (TPSA) is 64.4 Å². The smallest absolute Gasteiger partial charge is 0.220 e. The maximum absolute atomic E-state index is 13.2. The van der Waals surface area contributed by atoms with Crippen LogP contribution >= 0.6 is 0 Å². The first-order chi connectivity index (χ1) is 12.0. The highest BCUT2D eigenvalue weighted by Gasteiger charge is 2.28. The van der Waals surface area contributed by atoms with Crippen LogP contribution in [0.3, 0.4) is 0 Å². The fourth-order valence-electron chi connectivity index (χ4n) is 3.27. The molecule has 134 valence electrons. The van der Waals surface area contributed by atoms with E-state index in [4.69, 9.17) is 9.26 Å². The van der Waals surface area contributed by atoms with Gasteiger partial charge in [-0.1, -0.05) is 17.3 Å². The van der Waals surface area contributed by atoms with Crippen molar-refractivity contribution in [3.05, 3.63) is 52.7 Å². The molecule has 0 bridgehead atoms. The Bertz CT molecular complexity index is 701. The first-order valence-electron chi connectivity index (χ1n) is 8.63. The number of carbonyl (C=O) groups is 1. The van der Waals surface area contributed by atoms with Gasteiger partial charge in [0.2, 0.25) is 5.91 Å². The summed E-state index contributed by atoms with van der Waals surface area (Å²) in [7, 11) is 0. The molecule has 1 N–H and O–H groups in total. The van der Waals surface area contributed by atoms with E-state index in [2.05, 4.69) is 10.5 Å². The van der Waals surface area contributed by atoms with Crippen LogP contribution in [0.5, 0.6) is 0 Å². The quantitative estimate of drug-likeness (QED) is 0.871. The van der Waals surface area contributed by atoms with Crippen LogP contribution in [0.4, 0.5) is 4.39 Å². The van der Waals surface area contributed by atoms with E-state index >= 15 is 0 Å². The fraction of sp³-hybridized carbons (Fsp3) is 0.474. The highest BCUT2D eigenvalue weighted by atomic mass is 19.1. The van der Waals surface area contributed by atoms with Crippen molar-refractivity contribution in [1.29, 1.82) is 0 Å². The predicted octanol–water partition coefficient (Wildman–Crippen LogP) is 3.40. The van der Waals surface area contributed by atoms with Crippen molar-refractivity contribution < 1.29 is 18.4 Å². The number of amides is 1. The lowest BCUT2D eigenvalue weighted by Crippen LogP contribution is -2.36. The van der Waals surface area contributed by atoms with E-state index in [1.54, 1.807) is 12.1 Å². The molecule has 5 nitrogen and oxygen atoms in total. The van der Waals surface area contributed by atoms with Gasteiger partial charge in [-0.3, -0.25) is 4.79 Å². The molecule has 0 saturated carbocycles. The Labute approximate surface area is 146 Å². The molecule has 1 fully saturated rings. The van der Waals surface area contributed by atoms with E-state index in [9.17, 15) is 9.18 Å². The predicted molar refractivity (Wildman–Crippen MR) is 90.6 cm³/mol. The first kappa shape index (κ1) is 17.6. The molecule has 2 atom stereocenters. The van der Waals surface area contributed by atoms with Gasteiger partial charge in [0.15, 0.2) is 0 Å². The Morgan fingerprint density at radius 2 is 2.12 bits per heavy atom. The third-order valence-electron chi connectivity index (χ3n) is 4.67. The Morgan fingerprint density at radius 1 is 1.36 bits per heavy atom. The molecule has 0 aliphatic carbocycles. The van der Waals surface area contributed by atoms with E-state index in [-0.39, 0.29) is 23.9 Å². The Morgan fingerprint density at radius 3 is 2.72 bits per heavy atom. The molecular formula is C19H23FN2O3. The lowest BCUT2D eigenvalue weighted by atomic mass is 9.98. The molecule has 3 rings (SSSR count). The minimum Gasteiger partial charge on any atom is -0.376 e. The van der Waals surface area contributed by atoms with E-state index < -0.39 is 0 Å². The Balaban J connectivity index is 1.67. The minimum atomic E-state index is -0.292. The Kier molecular flexibility index (Phi) is 5.48. The van der Waals surface area contributed by atoms with Gasteiger partial charge in [0, 0.05) is 18.6 Å². The number of carbonyl (C=O) groups excluding carboxylic acids is 1. The first-order valence-corrected chi connectivity index (χ1v) is 8.63. The normalized spacial score (nSPS) is 18.3. The van der Waals surface area contributed by atoms with Crippen molar-refractivity contribution >= 4 is 5.91 Å². The number of aryl methyl sites for hydroxylation is 2. The van der Waals surface area contributed by atoms with Crippen LogP contribution in [0, 0.1) is 19.7 Å². The number of hydrogen-bond acceptors (Lipinski definition) is 4. The van der Waals surface area contributed by atoms with E-state index in [1.807, 2.05) is 13.8 Å². The summed E-state index contributed by atoms with van der Waals surface area (Å²) in [6.07, 6.45) is 2.69. The molecule has 25 heavy (non-hydrogen) atoms. The summed E-state index contributed by atoms with van der Waals surface area (Å²) in [6.45, 7) is 4.41. The second kappa shape index (κ2) is 7.78. The molecule has 6 heteroatoms. The fourth-order valence-corrected chi connectivity index (χ4v) is 3.27. The number of benzene rings is 1. The van der Waals surface area contributed by atoms with Crippen molar-refractivity contribution in [2.75, 3.05) is 6.61 Å². The number of ether oxygens (including phenoxy) is 1. The largest absolute Gasteiger partial charge is 0.376 e. The van der Waals surface area contributed by atoms with Crippen LogP contribution in [0.25, 0.3) is 0 Å². The van der Waals surface area contributed by atoms with Crippen LogP contribution in [0.2, 0.25) is 0 Å². The third-order valence-corrected chi connectivity index (χ3v) is 4.67. The second-order valence-corrected chi connectivity index (χ2v) is 6.45. The summed E-state index contributed by atoms with van der Waals surface area (Å²) < 4.78 is 24.1. The number of halogens is 1. The maximum Gasteiger partial charge on any atom is 0.220 e. The second-order valence-electron chi connectivity index (χ2n) is 6.45. The molecule has 1 aromatic heterocycles. The number of rotatable bonds is 6. The third kappa shape index (κ3) is 4.25. The van der Waals surface area contributed by atoms with Gasteiger partial charge in [-0.2, -0.15) is 0 Å². The summed E-state index contributed by atoms with van der Waals surface area (Å²) >= 11 is 0. The molecule has 0 radical (unpaired) electrons. The zero-order chi connectivity index (χ0) is 17.8. The van der Waals surface area contributed by atoms with Gasteiger partial charge < -0.3 is 14.6 Å². The van der Waals surface area contributed by atoms with E-state index in [0.717, 1.165) is 35.4 Å². The summed E-state index contributed by atoms with van der Waals surface area (Å²) in [5, 5.41) is 6.97. The Hall–Kier alpha value is -2.21. The van der Waals surface area contributed by atoms with Crippen molar-refractivity contribution in [3.8, 4) is 0 Å². The van der Waals surface area contributed by atoms with Crippen molar-refractivity contribution in [3.63, 3.8) is 0 Å². The SMILES string of the molecule is Cc1noc(C)c1CCC(=O)N[C@@H](c1ccc(F)cc1)[C@@H]1CCCO1. The van der Waals surface area contributed by atoms with Gasteiger partial charge in [0.05, 0.1) is 17.8 Å². The molecular weight excluding hydrogens is 323 g/mol. The number of hydrogen-bond donors (Lipinski definition) is 1. The monoisotopic (exact) mass is 346 g/mol. The number of nitrogens with one attached hydrogen (secondary N) is 1. The molecule has 1 aliphatic rings. The molecule has 0 spiro atoms. The summed E-state index contributed by atoms with van der Waals surface area (Å²) in [6, 6.07) is 5.97. The van der Waals surface area contributed by atoms with Gasteiger partial charge >= 0.3 is 0 Å². The lowest BCUT2D eigenvalue weighted by Gasteiger charge is -2.25. The van der Waals surface area contributed by atoms with Gasteiger partial charge in [-0.15, -0.1) is 0 Å². The number of nitrogens with zero attached hydrogens (tertiary/aromatic N) is 1. The standard InChI is InChI=1S/C19H23FN2O3/c1-12-16(13(2)25-22-12)9-10-18(23)21-19(17-4-3-11-24-17)14-5-7-15(20)8-6-14/h5-8,17,19H,3-4,9-11H2,1-2H3,(H,21,23)/t17-,19-/m0/s1. The molecule has 1 amide bonds. The van der Waals surface area contributed by atoms with Crippen LogP contribution in [0.1, 0.15) is 47.9 Å². The van der Waals surface area contributed by atoms with Gasteiger partial charge in [-0.25, -0.2) is 4.39 Å². The van der Waals surface area contributed by atoms with Gasteiger partial charge in [0.1, 0.15) is 11.6 Å². The maximum atomic E-state index is 13.2. The summed E-state index contributed by atoms with van der Waals surface area (Å²) in [4.78, 5) is 12.5. The molecule has 1 aliphatic heterocycles. The molecule has 0 unspecified atom stereocenters. The lowest BCUT2D eigenvalue weighted by molar-refractivity contribution is -0.122. The molecule has 2 heterocycles. The van der Waals surface area contributed by atoms with Crippen LogP contribution in [-0.2, 0) is 16.0 Å². The van der Waals surface area contributed by atoms with Crippen LogP contribution < -0.4 is 5.32 Å². The van der Waals surface area contributed by atoms with E-state index in [0.29, 0.717) is 19.4 Å². The van der Waals surface area contributed by atoms with E-state index in [1.165, 1.54) is 12.1 Å². The minimum absolute atomic E-state index is 0.0650. The highest BCUT2D eigenvalue weighted by molar-refractivity contribution is 5.76. The number of aromatic nitrogens is 1. The summed E-state index contributed by atoms with van der Waals surface area (Å²) in [5.74, 6) is 0.393. The van der Waals surface area contributed by atoms with Crippen LogP contribution in [-0.4, -0.2) is 23.8 Å². The van der Waals surface area contributed by atoms with Crippen molar-refractivity contribution in [1.82, 2.24) is 10.5 Å². The molecule has 2 aromatic rings. The zero-order valence-corrected chi connectivity index (χ0v) is 14.5. The van der Waals surface area contributed by atoms with Crippen LogP contribution in [0.15, 0.2) is 28.8 Å². The zero-order valence-electron chi connectivity index (χ0n) is 14.5. The van der Waals surface area contributed by atoms with Gasteiger partial charge in [-0.05, 0) is 50.8 Å². The molecule has 1 saturated heterocycles. The average molecular weight is 346 g/mol. The highest BCUT2D eigenvalue weighted by Crippen LogP contribution is 2.27. The van der Waals surface area contributed by atoms with Crippen molar-refractivity contribution in [2.24, 2.45) is 0 Å². The molecule has 1 aromatic carbocycles. The summed E-state index contributed by atoms with van der Waals surface area (Å²) in [5.41, 5.74) is 2.66. The average Bonchev–Trinajstić information content (AvgIpc) is 3.23. The van der Waals surface area contributed by atoms with Gasteiger partial charge in [0.25, 0.3) is 0 Å². The van der Waals surface area contributed by atoms with Crippen molar-refractivity contribution in [2.45, 2.75) is 51.7 Å².